The molecule has 1 aromatic heterocycles. The summed E-state index contributed by atoms with van der Waals surface area (Å²) in [7, 11) is 3.13. The van der Waals surface area contributed by atoms with E-state index in [0.717, 1.165) is 12.2 Å². The van der Waals surface area contributed by atoms with Gasteiger partial charge in [-0.3, -0.25) is 0 Å². The number of nitrogens with zero attached hydrogens (tertiary/aromatic N) is 2. The lowest BCUT2D eigenvalue weighted by molar-refractivity contribution is 0.102. The van der Waals surface area contributed by atoms with E-state index in [9.17, 15) is 8.42 Å². The minimum Gasteiger partial charge on any atom is -0.380 e. The highest BCUT2D eigenvalue weighted by Gasteiger charge is 2.18. The predicted molar refractivity (Wildman–Crippen MR) is 65.7 cm³/mol. The molecule has 7 heteroatoms. The highest BCUT2D eigenvalue weighted by Crippen LogP contribution is 2.16. The number of aryl methyl sites for hydroxylation is 1. The zero-order chi connectivity index (χ0) is 13.1. The third-order valence-electron chi connectivity index (χ3n) is 2.42. The normalized spacial score (nSPS) is 13.9. The monoisotopic (exact) mass is 280 g/mol. The van der Waals surface area contributed by atoms with E-state index in [4.69, 9.17) is 15.4 Å². The lowest BCUT2D eigenvalue weighted by Gasteiger charge is -2.12. The van der Waals surface area contributed by atoms with Crippen molar-refractivity contribution in [2.24, 2.45) is 0 Å². The van der Waals surface area contributed by atoms with Gasteiger partial charge in [-0.15, -0.1) is 0 Å². The van der Waals surface area contributed by atoms with Crippen LogP contribution >= 0.6 is 10.7 Å². The molecule has 0 saturated heterocycles. The van der Waals surface area contributed by atoms with E-state index < -0.39 is 9.05 Å². The molecule has 1 unspecified atom stereocenters. The molecule has 1 rings (SSSR count). The number of ether oxygens (including phenoxy) is 1. The van der Waals surface area contributed by atoms with Crippen LogP contribution in [0.4, 0.5) is 0 Å². The number of halogens is 1. The van der Waals surface area contributed by atoms with Crippen molar-refractivity contribution in [3.63, 3.8) is 0 Å². The number of methoxy groups -OCH3 is 1. The van der Waals surface area contributed by atoms with E-state index in [0.29, 0.717) is 13.0 Å². The Labute approximate surface area is 106 Å². The van der Waals surface area contributed by atoms with Crippen LogP contribution in [0.15, 0.2) is 11.2 Å². The van der Waals surface area contributed by atoms with Crippen LogP contribution < -0.4 is 0 Å². The van der Waals surface area contributed by atoms with Gasteiger partial charge in [0.1, 0.15) is 5.82 Å². The van der Waals surface area contributed by atoms with Crippen LogP contribution in [0.3, 0.4) is 0 Å². The van der Waals surface area contributed by atoms with Gasteiger partial charge in [0.2, 0.25) is 0 Å². The Hall–Kier alpha value is -0.590. The molecule has 0 aliphatic carbocycles. The Kier molecular flexibility index (Phi) is 4.97. The molecule has 17 heavy (non-hydrogen) atoms. The Morgan fingerprint density at radius 1 is 1.59 bits per heavy atom. The molecule has 0 aromatic carbocycles. The quantitative estimate of drug-likeness (QED) is 0.746. The van der Waals surface area contributed by atoms with Crippen molar-refractivity contribution in [3.05, 3.63) is 12.0 Å². The zero-order valence-corrected chi connectivity index (χ0v) is 11.8. The van der Waals surface area contributed by atoms with Gasteiger partial charge in [0.25, 0.3) is 9.05 Å². The van der Waals surface area contributed by atoms with Crippen LogP contribution in [-0.2, 0) is 26.8 Å². The van der Waals surface area contributed by atoms with Crippen molar-refractivity contribution in [3.8, 4) is 0 Å². The third-order valence-corrected chi connectivity index (χ3v) is 3.59. The largest absolute Gasteiger partial charge is 0.380 e. The number of imidazole rings is 1. The second-order valence-electron chi connectivity index (χ2n) is 3.88. The first-order valence-electron chi connectivity index (χ1n) is 5.42. The Morgan fingerprint density at radius 3 is 2.71 bits per heavy atom. The molecule has 1 atom stereocenters. The fourth-order valence-electron chi connectivity index (χ4n) is 1.48. The van der Waals surface area contributed by atoms with Crippen molar-refractivity contribution < 1.29 is 13.2 Å². The summed E-state index contributed by atoms with van der Waals surface area (Å²) >= 11 is 0. The van der Waals surface area contributed by atoms with Crippen LogP contribution in [-0.4, -0.2) is 31.2 Å². The lowest BCUT2D eigenvalue weighted by Crippen LogP contribution is -2.16. The van der Waals surface area contributed by atoms with Crippen molar-refractivity contribution in [1.82, 2.24) is 9.55 Å². The van der Waals surface area contributed by atoms with Gasteiger partial charge in [0.05, 0.1) is 6.10 Å². The van der Waals surface area contributed by atoms with Crippen molar-refractivity contribution in [1.29, 1.82) is 0 Å². The molecule has 98 valence electrons. The smallest absolute Gasteiger partial charge is 0.280 e. The summed E-state index contributed by atoms with van der Waals surface area (Å²) in [4.78, 5) is 4.05. The first kappa shape index (κ1) is 14.5. The van der Waals surface area contributed by atoms with Gasteiger partial charge < -0.3 is 9.30 Å². The van der Waals surface area contributed by atoms with Gasteiger partial charge >= 0.3 is 0 Å². The summed E-state index contributed by atoms with van der Waals surface area (Å²) in [5.74, 6) is 0.718. The average molecular weight is 281 g/mol. The fraction of sp³-hybridized carbons (Fsp3) is 0.700. The van der Waals surface area contributed by atoms with E-state index in [1.807, 2.05) is 13.8 Å². The van der Waals surface area contributed by atoms with E-state index >= 15 is 0 Å². The first-order valence-corrected chi connectivity index (χ1v) is 7.73. The summed E-state index contributed by atoms with van der Waals surface area (Å²) in [5, 5.41) is -0.0917. The molecule has 0 spiro atoms. The number of hydrogen-bond acceptors (Lipinski definition) is 4. The summed E-state index contributed by atoms with van der Waals surface area (Å²) < 4.78 is 29.4. The molecular weight excluding hydrogens is 264 g/mol. The zero-order valence-electron chi connectivity index (χ0n) is 10.2. The maximum Gasteiger partial charge on any atom is 0.280 e. The minimum atomic E-state index is -3.77. The molecule has 0 aliphatic heterocycles. The average Bonchev–Trinajstić information content (AvgIpc) is 2.62. The number of rotatable bonds is 6. The molecule has 1 aromatic rings. The maximum atomic E-state index is 11.2. The van der Waals surface area contributed by atoms with E-state index in [2.05, 4.69) is 4.98 Å². The third kappa shape index (κ3) is 3.97. The first-order chi connectivity index (χ1) is 7.88. The van der Waals surface area contributed by atoms with Gasteiger partial charge in [0, 0.05) is 37.0 Å². The van der Waals surface area contributed by atoms with Gasteiger partial charge in [-0.1, -0.05) is 6.92 Å². The molecule has 0 fully saturated rings. The standard InChI is InChI=1S/C10H17ClN2O3S/c1-4-5-9-12-10(17(11,14)15)7-13(9)6-8(2)16-3/h7-8H,4-6H2,1-3H3. The molecule has 5 nitrogen and oxygen atoms in total. The Morgan fingerprint density at radius 2 is 2.24 bits per heavy atom. The Bertz CT molecular complexity index is 470. The van der Waals surface area contributed by atoms with Gasteiger partial charge in [-0.05, 0) is 13.3 Å². The van der Waals surface area contributed by atoms with Crippen molar-refractivity contribution in [2.75, 3.05) is 7.11 Å². The summed E-state index contributed by atoms with van der Waals surface area (Å²) in [6.07, 6.45) is 3.05. The fourth-order valence-corrected chi connectivity index (χ4v) is 2.17. The van der Waals surface area contributed by atoms with Gasteiger partial charge in [0.15, 0.2) is 5.03 Å². The lowest BCUT2D eigenvalue weighted by atomic mass is 10.3. The van der Waals surface area contributed by atoms with E-state index in [1.54, 1.807) is 11.7 Å². The number of hydrogen-bond donors (Lipinski definition) is 0. The topological polar surface area (TPSA) is 61.2 Å². The van der Waals surface area contributed by atoms with Crippen LogP contribution in [0.2, 0.25) is 0 Å². The maximum absolute atomic E-state index is 11.2. The van der Waals surface area contributed by atoms with Gasteiger partial charge in [-0.25, -0.2) is 13.4 Å². The minimum absolute atomic E-state index is 0.00862. The van der Waals surface area contributed by atoms with Crippen LogP contribution in [0.1, 0.15) is 26.1 Å². The molecule has 0 amide bonds. The summed E-state index contributed by atoms with van der Waals surface area (Å²) in [6, 6.07) is 0. The molecule has 1 heterocycles. The van der Waals surface area contributed by atoms with Gasteiger partial charge in [-0.2, -0.15) is 0 Å². The molecule has 0 saturated carbocycles. The molecular formula is C10H17ClN2O3S. The molecule has 0 bridgehead atoms. The van der Waals surface area contributed by atoms with Crippen LogP contribution in [0.5, 0.6) is 0 Å². The summed E-state index contributed by atoms with van der Waals surface area (Å²) in [6.45, 7) is 4.48. The SMILES string of the molecule is CCCc1nc(S(=O)(=O)Cl)cn1CC(C)OC. The second-order valence-corrected chi connectivity index (χ2v) is 6.39. The van der Waals surface area contributed by atoms with Crippen LogP contribution in [0, 0.1) is 0 Å². The Balaban J connectivity index is 3.05. The molecule has 0 aliphatic rings. The second kappa shape index (κ2) is 5.84. The molecule has 0 N–H and O–H groups in total. The van der Waals surface area contributed by atoms with E-state index in [-0.39, 0.29) is 11.1 Å². The summed E-state index contributed by atoms with van der Waals surface area (Å²) in [5.41, 5.74) is 0. The van der Waals surface area contributed by atoms with Crippen molar-refractivity contribution >= 4 is 19.7 Å². The van der Waals surface area contributed by atoms with E-state index in [1.165, 1.54) is 6.20 Å². The van der Waals surface area contributed by atoms with Crippen LogP contribution in [0.25, 0.3) is 0 Å². The predicted octanol–water partition coefficient (Wildman–Crippen LogP) is 1.80. The number of aromatic nitrogens is 2. The highest BCUT2D eigenvalue weighted by atomic mass is 35.7. The van der Waals surface area contributed by atoms with Crippen molar-refractivity contribution in [2.45, 2.75) is 44.4 Å². The molecule has 0 radical (unpaired) electrons. The highest BCUT2D eigenvalue weighted by molar-refractivity contribution is 8.13.